The van der Waals surface area contributed by atoms with Gasteiger partial charge in [0.1, 0.15) is 35.1 Å². The minimum atomic E-state index is -0.647. The molecule has 0 bridgehead atoms. The highest BCUT2D eigenvalue weighted by Gasteiger charge is 2.33. The summed E-state index contributed by atoms with van der Waals surface area (Å²) in [5.41, 5.74) is 1.12. The van der Waals surface area contributed by atoms with Crippen molar-refractivity contribution in [1.29, 1.82) is 0 Å². The van der Waals surface area contributed by atoms with Crippen LogP contribution in [0.15, 0.2) is 18.2 Å². The molecule has 3 atom stereocenters. The molecular formula is C21H34FN2O3S2+. The number of carbonyl (C=O) groups excluding carboxylic acids is 1. The fraction of sp³-hybridized carbons (Fsp3) is 0.619. The van der Waals surface area contributed by atoms with Gasteiger partial charge in [0.2, 0.25) is 0 Å². The summed E-state index contributed by atoms with van der Waals surface area (Å²) >= 11 is 4.47. The number of nitrogens with zero attached hydrogens (tertiary/aromatic N) is 1. The first-order chi connectivity index (χ1) is 13.8. The van der Waals surface area contributed by atoms with E-state index < -0.39 is 17.3 Å². The van der Waals surface area contributed by atoms with Gasteiger partial charge in [0.15, 0.2) is 0 Å². The Labute approximate surface area is 182 Å². The SMILES string of the molecule is CC.CCC(=S)NCC1CN(c2ccc(C(CC)CC[S+](C)O)c(F)c2)C(=O)O1. The number of hydrogen-bond acceptors (Lipinski definition) is 4. The number of anilines is 1. The number of benzene rings is 1. The number of thiocarbonyl (C=S) groups is 1. The second-order valence-electron chi connectivity index (χ2n) is 6.68. The second-order valence-corrected chi connectivity index (χ2v) is 8.78. The Morgan fingerprint density at radius 2 is 2.14 bits per heavy atom. The van der Waals surface area contributed by atoms with Crippen LogP contribution < -0.4 is 10.2 Å². The fourth-order valence-corrected chi connectivity index (χ4v) is 3.81. The van der Waals surface area contributed by atoms with E-state index in [1.54, 1.807) is 18.4 Å². The van der Waals surface area contributed by atoms with Gasteiger partial charge in [0, 0.05) is 6.42 Å². The van der Waals surface area contributed by atoms with Crippen LogP contribution in [0.3, 0.4) is 0 Å². The number of ether oxygens (including phenoxy) is 1. The molecule has 3 unspecified atom stereocenters. The van der Waals surface area contributed by atoms with Crippen LogP contribution in [0.5, 0.6) is 0 Å². The molecular weight excluding hydrogens is 411 g/mol. The van der Waals surface area contributed by atoms with E-state index in [1.165, 1.54) is 11.0 Å². The van der Waals surface area contributed by atoms with Gasteiger partial charge in [-0.2, -0.15) is 4.55 Å². The van der Waals surface area contributed by atoms with Crippen molar-refractivity contribution in [3.05, 3.63) is 29.6 Å². The zero-order valence-electron chi connectivity index (χ0n) is 18.0. The van der Waals surface area contributed by atoms with E-state index in [-0.39, 0.29) is 17.8 Å². The smallest absolute Gasteiger partial charge is 0.414 e. The molecule has 2 N–H and O–H groups in total. The van der Waals surface area contributed by atoms with E-state index in [4.69, 9.17) is 17.0 Å². The van der Waals surface area contributed by atoms with Crippen LogP contribution in [0.1, 0.15) is 58.4 Å². The quantitative estimate of drug-likeness (QED) is 0.409. The van der Waals surface area contributed by atoms with Crippen LogP contribution >= 0.6 is 12.2 Å². The minimum Gasteiger partial charge on any atom is -0.442 e. The third-order valence-electron chi connectivity index (χ3n) is 4.71. The molecule has 0 aliphatic carbocycles. The second kappa shape index (κ2) is 13.0. The van der Waals surface area contributed by atoms with Crippen LogP contribution in [0.25, 0.3) is 0 Å². The Morgan fingerprint density at radius 3 is 2.69 bits per heavy atom. The van der Waals surface area contributed by atoms with Gasteiger partial charge in [-0.25, -0.2) is 9.18 Å². The highest BCUT2D eigenvalue weighted by atomic mass is 32.2. The van der Waals surface area contributed by atoms with Gasteiger partial charge in [-0.05, 0) is 36.5 Å². The summed E-state index contributed by atoms with van der Waals surface area (Å²) in [4.78, 5) is 14.3. The summed E-state index contributed by atoms with van der Waals surface area (Å²) in [6, 6.07) is 4.91. The van der Waals surface area contributed by atoms with Gasteiger partial charge in [-0.3, -0.25) is 4.90 Å². The van der Waals surface area contributed by atoms with E-state index in [2.05, 4.69) is 5.32 Å². The highest BCUT2D eigenvalue weighted by molar-refractivity contribution is 7.90. The van der Waals surface area contributed by atoms with E-state index in [9.17, 15) is 13.7 Å². The number of nitrogens with one attached hydrogen (secondary N) is 1. The first-order valence-electron chi connectivity index (χ1n) is 10.2. The predicted octanol–water partition coefficient (Wildman–Crippen LogP) is 5.11. The number of amides is 1. The summed E-state index contributed by atoms with van der Waals surface area (Å²) < 4.78 is 29.6. The molecule has 1 saturated heterocycles. The predicted molar refractivity (Wildman–Crippen MR) is 125 cm³/mol. The molecule has 0 aromatic heterocycles. The van der Waals surface area contributed by atoms with Crippen molar-refractivity contribution >= 4 is 40.2 Å². The molecule has 1 aromatic rings. The number of halogens is 1. The van der Waals surface area contributed by atoms with Gasteiger partial charge in [-0.1, -0.05) is 46.0 Å². The maximum absolute atomic E-state index is 14.7. The van der Waals surface area contributed by atoms with Crippen molar-refractivity contribution in [2.24, 2.45) is 0 Å². The molecule has 1 aliphatic heterocycles. The Kier molecular flexibility index (Phi) is 11.5. The van der Waals surface area contributed by atoms with Gasteiger partial charge in [0.25, 0.3) is 0 Å². The standard InChI is InChI=1S/C19H27FN2O3S2.C2H6/c1-4-13(8-9-27(3)24)16-7-6-14(10-17(16)20)22-12-15(25-19(22)23)11-21-18(26)5-2;1-2/h6-7,10,13,15,24H,4-5,8-9,11-12H2,1-3H3;1-2H3/p+1. The lowest BCUT2D eigenvalue weighted by Gasteiger charge is -2.18. The molecule has 0 radical (unpaired) electrons. The van der Waals surface area contributed by atoms with Crippen LogP contribution in [0.2, 0.25) is 0 Å². The largest absolute Gasteiger partial charge is 0.442 e. The summed E-state index contributed by atoms with van der Waals surface area (Å²) in [5.74, 6) is 0.389. The normalized spacial score (nSPS) is 17.8. The summed E-state index contributed by atoms with van der Waals surface area (Å²) in [5, 5.41) is 3.07. The monoisotopic (exact) mass is 445 g/mol. The van der Waals surface area contributed by atoms with Gasteiger partial charge < -0.3 is 10.1 Å². The van der Waals surface area contributed by atoms with Crippen LogP contribution in [0, 0.1) is 5.82 Å². The topological polar surface area (TPSA) is 61.8 Å². The lowest BCUT2D eigenvalue weighted by Crippen LogP contribution is -2.33. The van der Waals surface area contributed by atoms with Gasteiger partial charge >= 0.3 is 6.09 Å². The maximum Gasteiger partial charge on any atom is 0.414 e. The molecule has 1 amide bonds. The average Bonchev–Trinajstić information content (AvgIpc) is 3.09. The van der Waals surface area contributed by atoms with Crippen molar-refractivity contribution in [1.82, 2.24) is 5.32 Å². The van der Waals surface area contributed by atoms with Crippen molar-refractivity contribution < 1.29 is 18.5 Å². The number of rotatable bonds is 9. The van der Waals surface area contributed by atoms with E-state index in [0.717, 1.165) is 24.3 Å². The number of carbonyl (C=O) groups is 1. The number of cyclic esters (lactones) is 1. The fourth-order valence-electron chi connectivity index (χ4n) is 3.10. The molecule has 29 heavy (non-hydrogen) atoms. The molecule has 2 rings (SSSR count). The molecule has 1 aliphatic rings. The molecule has 164 valence electrons. The van der Waals surface area contributed by atoms with Crippen molar-refractivity contribution in [3.63, 3.8) is 0 Å². The molecule has 1 aromatic carbocycles. The first-order valence-corrected chi connectivity index (χ1v) is 12.4. The Balaban J connectivity index is 0.00000204. The zero-order chi connectivity index (χ0) is 22.0. The van der Waals surface area contributed by atoms with Crippen LogP contribution in [0.4, 0.5) is 14.9 Å². The van der Waals surface area contributed by atoms with Crippen LogP contribution in [-0.4, -0.2) is 46.8 Å². The molecule has 0 spiro atoms. The molecule has 1 heterocycles. The van der Waals surface area contributed by atoms with Crippen molar-refractivity contribution in [3.8, 4) is 0 Å². The molecule has 5 nitrogen and oxygen atoms in total. The average molecular weight is 446 g/mol. The van der Waals surface area contributed by atoms with Crippen LogP contribution in [-0.2, 0) is 15.9 Å². The van der Waals surface area contributed by atoms with E-state index >= 15 is 0 Å². The van der Waals surface area contributed by atoms with E-state index in [1.807, 2.05) is 27.7 Å². The van der Waals surface area contributed by atoms with E-state index in [0.29, 0.717) is 30.1 Å². The van der Waals surface area contributed by atoms with Gasteiger partial charge in [-0.15, -0.1) is 0 Å². The Morgan fingerprint density at radius 1 is 1.45 bits per heavy atom. The first kappa shape index (κ1) is 25.7. The van der Waals surface area contributed by atoms with Crippen molar-refractivity contribution in [2.45, 2.75) is 59.0 Å². The summed E-state index contributed by atoms with van der Waals surface area (Å²) in [6.45, 7) is 8.78. The zero-order valence-corrected chi connectivity index (χ0v) is 19.7. The Bertz CT molecular complexity index is 673. The third-order valence-corrected chi connectivity index (χ3v) is 5.97. The summed E-state index contributed by atoms with van der Waals surface area (Å²) in [7, 11) is 0. The molecule has 8 heteroatoms. The number of hydrogen-bond donors (Lipinski definition) is 2. The third kappa shape index (κ3) is 7.75. The lowest BCUT2D eigenvalue weighted by atomic mass is 9.93. The highest BCUT2D eigenvalue weighted by Crippen LogP contribution is 2.30. The summed E-state index contributed by atoms with van der Waals surface area (Å²) in [6.07, 6.45) is 3.24. The van der Waals surface area contributed by atoms with Crippen molar-refractivity contribution in [2.75, 3.05) is 30.0 Å². The van der Waals surface area contributed by atoms with Gasteiger partial charge in [0.05, 0.1) is 23.8 Å². The lowest BCUT2D eigenvalue weighted by molar-refractivity contribution is 0.143. The maximum atomic E-state index is 14.7. The molecule has 1 fully saturated rings. The Hall–Kier alpha value is -1.38. The minimum absolute atomic E-state index is 0.0543. The molecule has 0 saturated carbocycles.